The maximum Gasteiger partial charge on any atom is 0.209 e. The molecule has 1 unspecified atom stereocenters. The van der Waals surface area contributed by atoms with Gasteiger partial charge in [0.1, 0.15) is 5.82 Å². The van der Waals surface area contributed by atoms with Gasteiger partial charge in [-0.3, -0.25) is 4.90 Å². The summed E-state index contributed by atoms with van der Waals surface area (Å²) in [6.07, 6.45) is 5.64. The highest BCUT2D eigenvalue weighted by Gasteiger charge is 2.27. The molecule has 4 rings (SSSR count). The molecule has 3 aromatic rings. The van der Waals surface area contributed by atoms with Gasteiger partial charge in [0.25, 0.3) is 0 Å². The Labute approximate surface area is 141 Å². The molecule has 3 heterocycles. The van der Waals surface area contributed by atoms with Gasteiger partial charge in [0.05, 0.1) is 18.8 Å². The van der Waals surface area contributed by atoms with E-state index in [1.807, 2.05) is 56.0 Å². The Kier molecular flexibility index (Phi) is 4.15. The van der Waals surface area contributed by atoms with E-state index in [0.717, 1.165) is 42.7 Å². The largest absolute Gasteiger partial charge is 0.439 e. The first-order valence-electron chi connectivity index (χ1n) is 8.23. The van der Waals surface area contributed by atoms with E-state index in [1.54, 1.807) is 0 Å². The number of rotatable bonds is 4. The van der Waals surface area contributed by atoms with Crippen molar-refractivity contribution in [3.63, 3.8) is 0 Å². The predicted octanol–water partition coefficient (Wildman–Crippen LogP) is 2.22. The highest BCUT2D eigenvalue weighted by atomic mass is 16.4. The van der Waals surface area contributed by atoms with Crippen molar-refractivity contribution in [1.82, 2.24) is 24.8 Å². The van der Waals surface area contributed by atoms with Crippen molar-refractivity contribution in [3.05, 3.63) is 60.6 Å². The summed E-state index contributed by atoms with van der Waals surface area (Å²) in [6.45, 7) is 3.48. The number of nitrogens with zero attached hydrogens (tertiary/aromatic N) is 4. The minimum absolute atomic E-state index is 0.228. The molecule has 1 aromatic carbocycles. The average molecular weight is 323 g/mol. The molecule has 6 nitrogen and oxygen atoms in total. The number of hydrogen-bond acceptors (Lipinski definition) is 5. The van der Waals surface area contributed by atoms with Crippen LogP contribution in [-0.2, 0) is 13.6 Å². The summed E-state index contributed by atoms with van der Waals surface area (Å²) in [5, 5.41) is 3.45. The van der Waals surface area contributed by atoms with E-state index in [1.165, 1.54) is 0 Å². The molecule has 1 atom stereocenters. The van der Waals surface area contributed by atoms with Crippen LogP contribution >= 0.6 is 0 Å². The molecule has 0 aliphatic carbocycles. The summed E-state index contributed by atoms with van der Waals surface area (Å²) >= 11 is 0. The van der Waals surface area contributed by atoms with Crippen molar-refractivity contribution < 1.29 is 4.42 Å². The summed E-state index contributed by atoms with van der Waals surface area (Å²) in [4.78, 5) is 11.4. The fourth-order valence-corrected chi connectivity index (χ4v) is 3.18. The lowest BCUT2D eigenvalue weighted by molar-refractivity contribution is 0.132. The van der Waals surface area contributed by atoms with Gasteiger partial charge in [-0.15, -0.1) is 0 Å². The van der Waals surface area contributed by atoms with E-state index in [4.69, 9.17) is 4.42 Å². The second-order valence-electron chi connectivity index (χ2n) is 6.07. The number of imidazole rings is 1. The number of aryl methyl sites for hydroxylation is 1. The molecule has 1 aliphatic heterocycles. The van der Waals surface area contributed by atoms with E-state index in [9.17, 15) is 0 Å². The minimum Gasteiger partial charge on any atom is -0.439 e. The third-order valence-electron chi connectivity index (χ3n) is 4.46. The molecule has 1 fully saturated rings. The lowest BCUT2D eigenvalue weighted by atomic mass is 10.1. The Hall–Kier alpha value is -2.44. The zero-order chi connectivity index (χ0) is 16.4. The van der Waals surface area contributed by atoms with Crippen LogP contribution in [0.1, 0.15) is 17.8 Å². The third kappa shape index (κ3) is 2.98. The molecule has 0 amide bonds. The quantitative estimate of drug-likeness (QED) is 0.798. The van der Waals surface area contributed by atoms with Crippen LogP contribution in [0.4, 0.5) is 0 Å². The molecule has 0 saturated carbocycles. The second-order valence-corrected chi connectivity index (χ2v) is 6.07. The van der Waals surface area contributed by atoms with E-state index >= 15 is 0 Å². The molecule has 1 aliphatic rings. The molecule has 1 saturated heterocycles. The molecule has 124 valence electrons. The number of nitrogens with one attached hydrogen (secondary N) is 1. The molecular weight excluding hydrogens is 302 g/mol. The molecule has 0 spiro atoms. The molecule has 24 heavy (non-hydrogen) atoms. The molecule has 6 heteroatoms. The SMILES string of the molecule is Cn1ccnc1C1CNCCN1Cc1ncc(-c2ccccc2)o1. The van der Waals surface area contributed by atoms with Crippen molar-refractivity contribution in [2.75, 3.05) is 19.6 Å². The summed E-state index contributed by atoms with van der Waals surface area (Å²) in [5.41, 5.74) is 1.05. The van der Waals surface area contributed by atoms with Gasteiger partial charge in [-0.25, -0.2) is 9.97 Å². The molecule has 2 aromatic heterocycles. The van der Waals surface area contributed by atoms with Crippen LogP contribution in [0.25, 0.3) is 11.3 Å². The normalized spacial score (nSPS) is 18.8. The first kappa shape index (κ1) is 15.1. The second kappa shape index (κ2) is 6.59. The summed E-state index contributed by atoms with van der Waals surface area (Å²) in [5.74, 6) is 2.63. The van der Waals surface area contributed by atoms with Crippen LogP contribution in [0.3, 0.4) is 0 Å². The maximum absolute atomic E-state index is 5.97. The smallest absolute Gasteiger partial charge is 0.209 e. The zero-order valence-electron chi connectivity index (χ0n) is 13.7. The highest BCUT2D eigenvalue weighted by molar-refractivity contribution is 5.55. The number of oxazole rings is 1. The highest BCUT2D eigenvalue weighted by Crippen LogP contribution is 2.25. The van der Waals surface area contributed by atoms with Crippen LogP contribution in [0, 0.1) is 0 Å². The monoisotopic (exact) mass is 323 g/mol. The maximum atomic E-state index is 5.97. The Balaban J connectivity index is 1.53. The Morgan fingerprint density at radius 3 is 2.92 bits per heavy atom. The fraction of sp³-hybridized carbons (Fsp3) is 0.333. The van der Waals surface area contributed by atoms with E-state index < -0.39 is 0 Å². The van der Waals surface area contributed by atoms with E-state index in [2.05, 4.69) is 24.8 Å². The molecule has 1 N–H and O–H groups in total. The Morgan fingerprint density at radius 2 is 2.12 bits per heavy atom. The first-order valence-corrected chi connectivity index (χ1v) is 8.23. The van der Waals surface area contributed by atoms with Gasteiger partial charge < -0.3 is 14.3 Å². The summed E-state index contributed by atoms with van der Waals surface area (Å²) in [6, 6.07) is 10.3. The van der Waals surface area contributed by atoms with Crippen molar-refractivity contribution in [1.29, 1.82) is 0 Å². The Bertz CT molecular complexity index is 795. The van der Waals surface area contributed by atoms with Crippen LogP contribution in [0.15, 0.2) is 53.3 Å². The van der Waals surface area contributed by atoms with Gasteiger partial charge >= 0.3 is 0 Å². The average Bonchev–Trinajstić information content (AvgIpc) is 3.25. The lowest BCUT2D eigenvalue weighted by Crippen LogP contribution is -2.46. The zero-order valence-corrected chi connectivity index (χ0v) is 13.7. The number of hydrogen-bond donors (Lipinski definition) is 1. The molecular formula is C18H21N5O. The van der Waals surface area contributed by atoms with Gasteiger partial charge in [-0.2, -0.15) is 0 Å². The Morgan fingerprint density at radius 1 is 1.25 bits per heavy atom. The number of aromatic nitrogens is 3. The fourth-order valence-electron chi connectivity index (χ4n) is 3.18. The summed E-state index contributed by atoms with van der Waals surface area (Å²) < 4.78 is 8.05. The van der Waals surface area contributed by atoms with Crippen LogP contribution in [-0.4, -0.2) is 39.1 Å². The van der Waals surface area contributed by atoms with Gasteiger partial charge in [-0.1, -0.05) is 30.3 Å². The van der Waals surface area contributed by atoms with Crippen molar-refractivity contribution in [2.45, 2.75) is 12.6 Å². The molecule has 0 bridgehead atoms. The number of benzene rings is 1. The predicted molar refractivity (Wildman–Crippen MR) is 91.2 cm³/mol. The van der Waals surface area contributed by atoms with E-state index in [0.29, 0.717) is 6.54 Å². The van der Waals surface area contributed by atoms with Crippen molar-refractivity contribution in [3.8, 4) is 11.3 Å². The third-order valence-corrected chi connectivity index (χ3v) is 4.46. The van der Waals surface area contributed by atoms with Gasteiger partial charge in [0.15, 0.2) is 5.76 Å². The first-order chi connectivity index (χ1) is 11.8. The standard InChI is InChI=1S/C18H21N5O/c1-22-9-8-20-18(22)15-11-19-7-10-23(15)13-17-21-12-16(24-17)14-5-3-2-4-6-14/h2-6,8-9,12,15,19H,7,10-11,13H2,1H3. The van der Waals surface area contributed by atoms with Gasteiger partial charge in [0.2, 0.25) is 5.89 Å². The van der Waals surface area contributed by atoms with Crippen molar-refractivity contribution >= 4 is 0 Å². The number of piperazine rings is 1. The lowest BCUT2D eigenvalue weighted by Gasteiger charge is -2.34. The molecule has 0 radical (unpaired) electrons. The minimum atomic E-state index is 0.228. The van der Waals surface area contributed by atoms with Crippen LogP contribution in [0.5, 0.6) is 0 Å². The topological polar surface area (TPSA) is 59.1 Å². The van der Waals surface area contributed by atoms with Crippen molar-refractivity contribution in [2.24, 2.45) is 7.05 Å². The van der Waals surface area contributed by atoms with E-state index in [-0.39, 0.29) is 6.04 Å². The van der Waals surface area contributed by atoms with Crippen LogP contribution < -0.4 is 5.32 Å². The van der Waals surface area contributed by atoms with Gasteiger partial charge in [0, 0.05) is 44.6 Å². The van der Waals surface area contributed by atoms with Gasteiger partial charge in [-0.05, 0) is 0 Å². The summed E-state index contributed by atoms with van der Waals surface area (Å²) in [7, 11) is 2.04. The van der Waals surface area contributed by atoms with Crippen LogP contribution in [0.2, 0.25) is 0 Å².